The molecule has 2 aromatic rings. The molecule has 0 aromatic heterocycles. The van der Waals surface area contributed by atoms with E-state index in [9.17, 15) is 5.11 Å². The third-order valence-corrected chi connectivity index (χ3v) is 4.53. The average Bonchev–Trinajstić information content (AvgIpc) is 2.37. The van der Waals surface area contributed by atoms with Gasteiger partial charge in [-0.15, -0.1) is 0 Å². The van der Waals surface area contributed by atoms with Gasteiger partial charge in [0, 0.05) is 14.2 Å². The summed E-state index contributed by atoms with van der Waals surface area (Å²) in [6.45, 7) is 0. The number of halogens is 3. The Hall–Kier alpha value is -0.300. The van der Waals surface area contributed by atoms with Crippen molar-refractivity contribution < 1.29 is 9.84 Å². The first-order valence-electron chi connectivity index (χ1n) is 5.50. The molecule has 0 saturated carbocycles. The van der Waals surface area contributed by atoms with Crippen molar-refractivity contribution in [3.8, 4) is 5.75 Å². The minimum atomic E-state index is -0.780. The molecule has 1 unspecified atom stereocenters. The first-order valence-corrected chi connectivity index (χ1v) is 7.75. The highest BCUT2D eigenvalue weighted by Crippen LogP contribution is 2.39. The lowest BCUT2D eigenvalue weighted by Gasteiger charge is -2.18. The van der Waals surface area contributed by atoms with Crippen molar-refractivity contribution in [2.45, 2.75) is 6.10 Å². The van der Waals surface area contributed by atoms with E-state index in [0.717, 1.165) is 13.6 Å². The SMILES string of the molecule is COc1c(Br)cc(Cl)cc1C(O)c1ccccc1I. The van der Waals surface area contributed by atoms with Gasteiger partial charge in [-0.2, -0.15) is 0 Å². The molecule has 1 atom stereocenters. The molecule has 2 rings (SSSR count). The van der Waals surface area contributed by atoms with E-state index in [1.54, 1.807) is 19.2 Å². The molecule has 100 valence electrons. The molecule has 0 amide bonds. The van der Waals surface area contributed by atoms with Crippen LogP contribution in [0.4, 0.5) is 0 Å². The lowest BCUT2D eigenvalue weighted by atomic mass is 10.0. The van der Waals surface area contributed by atoms with Gasteiger partial charge in [0.25, 0.3) is 0 Å². The molecule has 0 fully saturated rings. The Morgan fingerprint density at radius 3 is 2.58 bits per heavy atom. The third kappa shape index (κ3) is 3.24. The van der Waals surface area contributed by atoms with Crippen molar-refractivity contribution >= 4 is 50.1 Å². The monoisotopic (exact) mass is 452 g/mol. The Balaban J connectivity index is 2.55. The molecule has 0 aliphatic carbocycles. The lowest BCUT2D eigenvalue weighted by molar-refractivity contribution is 0.213. The maximum absolute atomic E-state index is 10.6. The number of rotatable bonds is 3. The van der Waals surface area contributed by atoms with Gasteiger partial charge in [-0.1, -0.05) is 29.8 Å². The van der Waals surface area contributed by atoms with Gasteiger partial charge in [-0.05, 0) is 62.3 Å². The second-order valence-corrected chi connectivity index (χ2v) is 6.39. The van der Waals surface area contributed by atoms with Crippen LogP contribution in [0.25, 0.3) is 0 Å². The zero-order valence-electron chi connectivity index (χ0n) is 10.0. The number of aliphatic hydroxyl groups is 1. The number of aliphatic hydroxyl groups excluding tert-OH is 1. The van der Waals surface area contributed by atoms with Gasteiger partial charge in [0.05, 0.1) is 11.6 Å². The summed E-state index contributed by atoms with van der Waals surface area (Å²) >= 11 is 11.6. The van der Waals surface area contributed by atoms with E-state index >= 15 is 0 Å². The minimum absolute atomic E-state index is 0.549. The molecule has 0 saturated heterocycles. The Labute approximate surface area is 139 Å². The molecule has 19 heavy (non-hydrogen) atoms. The fraction of sp³-hybridized carbons (Fsp3) is 0.143. The van der Waals surface area contributed by atoms with Gasteiger partial charge in [-0.25, -0.2) is 0 Å². The second kappa shape index (κ2) is 6.43. The van der Waals surface area contributed by atoms with Crippen LogP contribution in [0.1, 0.15) is 17.2 Å². The molecular formula is C14H11BrClIO2. The molecule has 0 radical (unpaired) electrons. The van der Waals surface area contributed by atoms with Crippen molar-refractivity contribution in [2.75, 3.05) is 7.11 Å². The van der Waals surface area contributed by atoms with Crippen LogP contribution in [0.5, 0.6) is 5.75 Å². The van der Waals surface area contributed by atoms with E-state index in [1.165, 1.54) is 0 Å². The molecule has 2 aromatic carbocycles. The highest BCUT2D eigenvalue weighted by Gasteiger charge is 2.20. The summed E-state index contributed by atoms with van der Waals surface area (Å²) < 4.78 is 7.06. The number of hydrogen-bond acceptors (Lipinski definition) is 2. The zero-order chi connectivity index (χ0) is 14.0. The van der Waals surface area contributed by atoms with Crippen LogP contribution in [0, 0.1) is 3.57 Å². The van der Waals surface area contributed by atoms with Crippen molar-refractivity contribution in [3.63, 3.8) is 0 Å². The minimum Gasteiger partial charge on any atom is -0.495 e. The van der Waals surface area contributed by atoms with Gasteiger partial charge < -0.3 is 9.84 Å². The summed E-state index contributed by atoms with van der Waals surface area (Å²) in [5.41, 5.74) is 1.47. The van der Waals surface area contributed by atoms with Crippen LogP contribution >= 0.6 is 50.1 Å². The Morgan fingerprint density at radius 2 is 1.95 bits per heavy atom. The summed E-state index contributed by atoms with van der Waals surface area (Å²) in [4.78, 5) is 0. The summed E-state index contributed by atoms with van der Waals surface area (Å²) in [7, 11) is 1.57. The number of hydrogen-bond donors (Lipinski definition) is 1. The zero-order valence-corrected chi connectivity index (χ0v) is 14.5. The largest absolute Gasteiger partial charge is 0.495 e. The summed E-state index contributed by atoms with van der Waals surface area (Å²) in [5.74, 6) is 0.594. The molecule has 0 spiro atoms. The first-order chi connectivity index (χ1) is 9.04. The predicted molar refractivity (Wildman–Crippen MR) is 88.9 cm³/mol. The van der Waals surface area contributed by atoms with Crippen LogP contribution in [-0.4, -0.2) is 12.2 Å². The van der Waals surface area contributed by atoms with Crippen LogP contribution in [0.2, 0.25) is 5.02 Å². The van der Waals surface area contributed by atoms with E-state index in [2.05, 4.69) is 38.5 Å². The van der Waals surface area contributed by atoms with E-state index in [-0.39, 0.29) is 0 Å². The van der Waals surface area contributed by atoms with Gasteiger partial charge in [0.2, 0.25) is 0 Å². The number of benzene rings is 2. The fourth-order valence-electron chi connectivity index (χ4n) is 1.86. The lowest BCUT2D eigenvalue weighted by Crippen LogP contribution is -2.04. The van der Waals surface area contributed by atoms with Crippen molar-refractivity contribution in [2.24, 2.45) is 0 Å². The van der Waals surface area contributed by atoms with Crippen molar-refractivity contribution in [3.05, 3.63) is 60.6 Å². The molecule has 5 heteroatoms. The highest BCUT2D eigenvalue weighted by molar-refractivity contribution is 14.1. The third-order valence-electron chi connectivity index (χ3n) is 2.74. The first kappa shape index (κ1) is 15.1. The van der Waals surface area contributed by atoms with E-state index in [0.29, 0.717) is 16.3 Å². The Morgan fingerprint density at radius 1 is 1.26 bits per heavy atom. The normalized spacial score (nSPS) is 12.3. The number of ether oxygens (including phenoxy) is 1. The van der Waals surface area contributed by atoms with E-state index in [4.69, 9.17) is 16.3 Å². The van der Waals surface area contributed by atoms with Crippen LogP contribution < -0.4 is 4.74 Å². The molecule has 1 N–H and O–H groups in total. The van der Waals surface area contributed by atoms with E-state index in [1.807, 2.05) is 24.3 Å². The van der Waals surface area contributed by atoms with Crippen LogP contribution in [-0.2, 0) is 0 Å². The molecule has 0 aliphatic rings. The summed E-state index contributed by atoms with van der Waals surface area (Å²) in [6, 6.07) is 11.1. The smallest absolute Gasteiger partial charge is 0.139 e. The van der Waals surface area contributed by atoms with Crippen LogP contribution in [0.3, 0.4) is 0 Å². The van der Waals surface area contributed by atoms with E-state index < -0.39 is 6.10 Å². The maximum atomic E-state index is 10.6. The summed E-state index contributed by atoms with van der Waals surface area (Å²) in [6.07, 6.45) is -0.780. The van der Waals surface area contributed by atoms with Crippen LogP contribution in [0.15, 0.2) is 40.9 Å². The quantitative estimate of drug-likeness (QED) is 0.677. The van der Waals surface area contributed by atoms with Crippen molar-refractivity contribution in [1.29, 1.82) is 0 Å². The van der Waals surface area contributed by atoms with Gasteiger partial charge in [0.15, 0.2) is 0 Å². The van der Waals surface area contributed by atoms with Gasteiger partial charge >= 0.3 is 0 Å². The maximum Gasteiger partial charge on any atom is 0.139 e. The molecule has 0 aliphatic heterocycles. The average molecular weight is 454 g/mol. The molecule has 2 nitrogen and oxygen atoms in total. The number of methoxy groups -OCH3 is 1. The Kier molecular flexibility index (Phi) is 5.11. The topological polar surface area (TPSA) is 29.5 Å². The molecule has 0 heterocycles. The van der Waals surface area contributed by atoms with Gasteiger partial charge in [0.1, 0.15) is 11.9 Å². The van der Waals surface area contributed by atoms with Gasteiger partial charge in [-0.3, -0.25) is 0 Å². The summed E-state index contributed by atoms with van der Waals surface area (Å²) in [5, 5.41) is 11.1. The second-order valence-electron chi connectivity index (χ2n) is 3.93. The Bertz CT molecular complexity index is 604. The predicted octanol–water partition coefficient (Wildman–Crippen LogP) is 4.80. The standard InChI is InChI=1S/C14H11BrClIO2/c1-19-14-10(6-8(16)7-11(14)15)13(18)9-4-2-3-5-12(9)17/h2-7,13,18H,1H3. The molecule has 0 bridgehead atoms. The fourth-order valence-corrected chi connectivity index (χ4v) is 3.54. The molecular weight excluding hydrogens is 442 g/mol. The van der Waals surface area contributed by atoms with Crippen molar-refractivity contribution in [1.82, 2.24) is 0 Å². The highest BCUT2D eigenvalue weighted by atomic mass is 127.